The van der Waals surface area contributed by atoms with Gasteiger partial charge < -0.3 is 15.2 Å². The molecule has 140 valence electrons. The van der Waals surface area contributed by atoms with Gasteiger partial charge >= 0.3 is 6.03 Å². The van der Waals surface area contributed by atoms with E-state index in [4.69, 9.17) is 4.74 Å². The first-order valence-corrected chi connectivity index (χ1v) is 8.66. The van der Waals surface area contributed by atoms with Crippen molar-refractivity contribution in [3.63, 3.8) is 0 Å². The number of hydrogen-bond donors (Lipinski definition) is 3. The lowest BCUT2D eigenvalue weighted by molar-refractivity contribution is -0.169. The molecule has 2 aliphatic rings. The fraction of sp³-hybridized carbons (Fsp3) is 0.300. The number of Topliss-reactive ketones (excluding diaryl/α,β-unsaturated/α-hetero) is 1. The molecule has 2 atom stereocenters. The molecule has 0 fully saturated rings. The summed E-state index contributed by atoms with van der Waals surface area (Å²) in [5.41, 5.74) is 2.35. The number of hydrogen-bond acceptors (Lipinski definition) is 5. The van der Waals surface area contributed by atoms with Gasteiger partial charge in [0, 0.05) is 16.7 Å². The molecule has 2 amide bonds. The lowest BCUT2D eigenvalue weighted by atomic mass is 9.82. The quantitative estimate of drug-likeness (QED) is 0.723. The van der Waals surface area contributed by atoms with Crippen LogP contribution in [0, 0.1) is 0 Å². The molecule has 0 saturated heterocycles. The second-order valence-corrected chi connectivity index (χ2v) is 7.04. The maximum atomic E-state index is 13.4. The largest absolute Gasteiger partial charge is 0.454 e. The van der Waals surface area contributed by atoms with Crippen molar-refractivity contribution in [1.82, 2.24) is 10.8 Å². The highest BCUT2D eigenvalue weighted by molar-refractivity contribution is 6.12. The summed E-state index contributed by atoms with van der Waals surface area (Å²) in [5, 5.41) is 14.1. The number of hydroxylamine groups is 1. The van der Waals surface area contributed by atoms with Crippen LogP contribution in [0.15, 0.2) is 42.5 Å². The van der Waals surface area contributed by atoms with Crippen molar-refractivity contribution in [2.45, 2.75) is 31.1 Å². The van der Waals surface area contributed by atoms with Gasteiger partial charge in [-0.2, -0.15) is 0 Å². The van der Waals surface area contributed by atoms with E-state index in [9.17, 15) is 14.7 Å². The Kier molecular flexibility index (Phi) is 3.76. The van der Waals surface area contributed by atoms with Crippen LogP contribution in [0.1, 0.15) is 46.8 Å². The van der Waals surface area contributed by atoms with Gasteiger partial charge in [-0.25, -0.2) is 10.3 Å². The molecule has 0 unspecified atom stereocenters. The van der Waals surface area contributed by atoms with E-state index in [-0.39, 0.29) is 5.92 Å². The summed E-state index contributed by atoms with van der Waals surface area (Å²) < 4.78 is 5.94. The third-order valence-electron chi connectivity index (χ3n) is 5.22. The zero-order chi connectivity index (χ0) is 19.4. The van der Waals surface area contributed by atoms with Gasteiger partial charge in [-0.1, -0.05) is 50.2 Å². The molecule has 7 heteroatoms. The van der Waals surface area contributed by atoms with E-state index < -0.39 is 23.1 Å². The molecular formula is C20H20N2O5. The summed E-state index contributed by atoms with van der Waals surface area (Å²) in [6.45, 7) is 4.07. The smallest absolute Gasteiger partial charge is 0.339 e. The van der Waals surface area contributed by atoms with Gasteiger partial charge in [0.2, 0.25) is 11.3 Å². The number of ether oxygens (including phenoxy) is 1. The Morgan fingerprint density at radius 3 is 2.63 bits per heavy atom. The van der Waals surface area contributed by atoms with E-state index in [0.29, 0.717) is 22.4 Å². The molecule has 4 rings (SSSR count). The fourth-order valence-electron chi connectivity index (χ4n) is 3.92. The molecule has 1 heterocycles. The van der Waals surface area contributed by atoms with Crippen molar-refractivity contribution in [2.24, 2.45) is 0 Å². The van der Waals surface area contributed by atoms with Crippen LogP contribution in [0.4, 0.5) is 4.79 Å². The minimum Gasteiger partial charge on any atom is -0.454 e. The molecule has 7 nitrogen and oxygen atoms in total. The third kappa shape index (κ3) is 2.15. The van der Waals surface area contributed by atoms with E-state index in [1.807, 2.05) is 19.9 Å². The summed E-state index contributed by atoms with van der Waals surface area (Å²) in [5.74, 6) is -1.89. The molecule has 0 aromatic heterocycles. The topological polar surface area (TPSA) is 96.9 Å². The number of carbonyl (C=O) groups is 2. The first kappa shape index (κ1) is 17.5. The molecule has 1 aliphatic heterocycles. The van der Waals surface area contributed by atoms with Crippen LogP contribution in [-0.4, -0.2) is 24.0 Å². The normalized spacial score (nSPS) is 24.9. The lowest BCUT2D eigenvalue weighted by Gasteiger charge is -2.34. The second kappa shape index (κ2) is 5.80. The number of urea groups is 1. The van der Waals surface area contributed by atoms with Crippen LogP contribution in [-0.2, 0) is 16.2 Å². The predicted octanol–water partition coefficient (Wildman–Crippen LogP) is 2.30. The lowest BCUT2D eigenvalue weighted by Crippen LogP contribution is -2.61. The number of ketones is 1. The van der Waals surface area contributed by atoms with Crippen molar-refractivity contribution in [1.29, 1.82) is 0 Å². The average Bonchev–Trinajstić information content (AvgIpc) is 2.99. The number of amides is 2. The molecule has 0 spiro atoms. The van der Waals surface area contributed by atoms with Crippen molar-refractivity contribution < 1.29 is 24.3 Å². The number of rotatable bonds is 3. The van der Waals surface area contributed by atoms with Crippen LogP contribution in [0.3, 0.4) is 0 Å². The highest BCUT2D eigenvalue weighted by Crippen LogP contribution is 2.58. The van der Waals surface area contributed by atoms with Gasteiger partial charge in [0.1, 0.15) is 5.75 Å². The summed E-state index contributed by atoms with van der Waals surface area (Å²) in [6.07, 6.45) is 0. The standard InChI is InChI=1S/C20H20N2O5/c1-11(2)12-8-9-15-16(10-12)27-20(25)14-7-5-4-6-13(14)17(23)19(15,20)21-18(24)22-26-3/h4-11,25H,1-3H3,(H2,21,22,24)/t19-,20+/m0/s1. The number of nitrogens with one attached hydrogen (secondary N) is 2. The SMILES string of the molecule is CONC(=O)N[C@@]12C(=O)c3ccccc3[C@@]1(O)Oc1cc(C(C)C)ccc12. The maximum Gasteiger partial charge on any atom is 0.339 e. The van der Waals surface area contributed by atoms with Crippen molar-refractivity contribution >= 4 is 11.8 Å². The average molecular weight is 368 g/mol. The first-order valence-electron chi connectivity index (χ1n) is 8.66. The number of fused-ring (bicyclic) bond motifs is 5. The van der Waals surface area contributed by atoms with Gasteiger partial charge in [0.25, 0.3) is 5.79 Å². The summed E-state index contributed by atoms with van der Waals surface area (Å²) in [7, 11) is 1.28. The zero-order valence-electron chi connectivity index (χ0n) is 15.2. The van der Waals surface area contributed by atoms with Crippen LogP contribution in [0.5, 0.6) is 5.75 Å². The molecule has 0 saturated carbocycles. The molecule has 0 bridgehead atoms. The van der Waals surface area contributed by atoms with Crippen LogP contribution in [0.25, 0.3) is 0 Å². The second-order valence-electron chi connectivity index (χ2n) is 7.04. The minimum atomic E-state index is -2.05. The summed E-state index contributed by atoms with van der Waals surface area (Å²) in [4.78, 5) is 30.3. The molecule has 2 aromatic rings. The maximum absolute atomic E-state index is 13.4. The Morgan fingerprint density at radius 2 is 1.93 bits per heavy atom. The Morgan fingerprint density at radius 1 is 1.19 bits per heavy atom. The highest BCUT2D eigenvalue weighted by atomic mass is 16.6. The number of carbonyl (C=O) groups excluding carboxylic acids is 2. The van der Waals surface area contributed by atoms with E-state index in [2.05, 4.69) is 15.6 Å². The number of benzene rings is 2. The van der Waals surface area contributed by atoms with Gasteiger partial charge in [-0.3, -0.25) is 9.63 Å². The van der Waals surface area contributed by atoms with Crippen molar-refractivity contribution in [3.05, 3.63) is 64.7 Å². The van der Waals surface area contributed by atoms with Gasteiger partial charge in [0.15, 0.2) is 0 Å². The number of aliphatic hydroxyl groups is 1. The Hall–Kier alpha value is -2.90. The van der Waals surface area contributed by atoms with Crippen LogP contribution in [0.2, 0.25) is 0 Å². The molecular weight excluding hydrogens is 348 g/mol. The molecule has 3 N–H and O–H groups in total. The Labute approximate surface area is 156 Å². The summed E-state index contributed by atoms with van der Waals surface area (Å²) >= 11 is 0. The Bertz CT molecular complexity index is 957. The first-order chi connectivity index (χ1) is 12.8. The zero-order valence-corrected chi connectivity index (χ0v) is 15.2. The molecule has 0 radical (unpaired) electrons. The highest BCUT2D eigenvalue weighted by Gasteiger charge is 2.71. The van der Waals surface area contributed by atoms with E-state index >= 15 is 0 Å². The summed E-state index contributed by atoms with van der Waals surface area (Å²) in [6, 6.07) is 11.3. The van der Waals surface area contributed by atoms with Crippen molar-refractivity contribution in [3.8, 4) is 5.75 Å². The predicted molar refractivity (Wildman–Crippen MR) is 96.2 cm³/mol. The van der Waals surface area contributed by atoms with E-state index in [1.165, 1.54) is 7.11 Å². The molecule has 27 heavy (non-hydrogen) atoms. The van der Waals surface area contributed by atoms with Gasteiger partial charge in [-0.05, 0) is 17.5 Å². The van der Waals surface area contributed by atoms with E-state index in [0.717, 1.165) is 5.56 Å². The van der Waals surface area contributed by atoms with E-state index in [1.54, 1.807) is 36.4 Å². The van der Waals surface area contributed by atoms with Gasteiger partial charge in [0.05, 0.1) is 7.11 Å². The third-order valence-corrected chi connectivity index (χ3v) is 5.22. The fourth-order valence-corrected chi connectivity index (χ4v) is 3.92. The molecule has 1 aliphatic carbocycles. The molecule has 2 aromatic carbocycles. The monoisotopic (exact) mass is 368 g/mol. The Balaban J connectivity index is 1.95. The minimum absolute atomic E-state index is 0.234. The van der Waals surface area contributed by atoms with Gasteiger partial charge in [-0.15, -0.1) is 0 Å². The van der Waals surface area contributed by atoms with Crippen molar-refractivity contribution in [2.75, 3.05) is 7.11 Å². The van der Waals surface area contributed by atoms with Crippen LogP contribution >= 0.6 is 0 Å². The van der Waals surface area contributed by atoms with Crippen LogP contribution < -0.4 is 15.5 Å².